The lowest BCUT2D eigenvalue weighted by atomic mass is 10.1. The molecular weight excluding hydrogens is 344 g/mol. The van der Waals surface area contributed by atoms with Crippen molar-refractivity contribution in [1.82, 2.24) is 9.97 Å². The molecule has 0 radical (unpaired) electrons. The lowest BCUT2D eigenvalue weighted by Crippen LogP contribution is -2.14. The molecule has 2 aromatic carbocycles. The summed E-state index contributed by atoms with van der Waals surface area (Å²) in [5.74, 6) is 1.49. The van der Waals surface area contributed by atoms with Crippen LogP contribution < -0.4 is 20.1 Å². The molecule has 7 nitrogen and oxygen atoms in total. The number of hydrogen-bond acceptors (Lipinski definition) is 6. The lowest BCUT2D eigenvalue weighted by Gasteiger charge is -2.12. The van der Waals surface area contributed by atoms with Gasteiger partial charge in [0.1, 0.15) is 17.8 Å². The molecule has 3 aromatic rings. The quantitative estimate of drug-likeness (QED) is 0.734. The van der Waals surface area contributed by atoms with Gasteiger partial charge in [0.15, 0.2) is 11.5 Å². The van der Waals surface area contributed by atoms with Crippen molar-refractivity contribution in [2.45, 2.75) is 13.8 Å². The maximum absolute atomic E-state index is 12.6. The Bertz CT molecular complexity index is 1000. The smallest absolute Gasteiger partial charge is 0.274 e. The summed E-state index contributed by atoms with van der Waals surface area (Å²) in [7, 11) is 0. The van der Waals surface area contributed by atoms with E-state index >= 15 is 0 Å². The van der Waals surface area contributed by atoms with Crippen molar-refractivity contribution in [1.29, 1.82) is 0 Å². The average molecular weight is 362 g/mol. The molecule has 27 heavy (non-hydrogen) atoms. The van der Waals surface area contributed by atoms with Crippen LogP contribution >= 0.6 is 0 Å². The zero-order valence-electron chi connectivity index (χ0n) is 14.9. The molecule has 1 aromatic heterocycles. The number of carbonyl (C=O) groups excluding carboxylic acids is 1. The maximum Gasteiger partial charge on any atom is 0.274 e. The molecule has 0 saturated heterocycles. The third-order valence-electron chi connectivity index (χ3n) is 4.26. The zero-order valence-corrected chi connectivity index (χ0v) is 14.9. The van der Waals surface area contributed by atoms with Crippen molar-refractivity contribution in [3.05, 3.63) is 65.6 Å². The molecule has 2 N–H and O–H groups in total. The van der Waals surface area contributed by atoms with E-state index in [0.717, 1.165) is 16.8 Å². The monoisotopic (exact) mass is 362 g/mol. The zero-order chi connectivity index (χ0) is 18.8. The Morgan fingerprint density at radius 1 is 1.00 bits per heavy atom. The van der Waals surface area contributed by atoms with Crippen LogP contribution in [0.3, 0.4) is 0 Å². The predicted molar refractivity (Wildman–Crippen MR) is 102 cm³/mol. The van der Waals surface area contributed by atoms with E-state index in [1.165, 1.54) is 6.33 Å². The van der Waals surface area contributed by atoms with E-state index in [-0.39, 0.29) is 18.4 Å². The highest BCUT2D eigenvalue weighted by atomic mass is 16.7. The predicted octanol–water partition coefficient (Wildman–Crippen LogP) is 3.82. The highest BCUT2D eigenvalue weighted by Crippen LogP contribution is 2.34. The Balaban J connectivity index is 1.52. The summed E-state index contributed by atoms with van der Waals surface area (Å²) >= 11 is 0. The first-order valence-electron chi connectivity index (χ1n) is 8.46. The number of nitrogens with one attached hydrogen (secondary N) is 2. The average Bonchev–Trinajstić information content (AvgIpc) is 3.13. The number of ether oxygens (including phenoxy) is 2. The van der Waals surface area contributed by atoms with E-state index in [2.05, 4.69) is 20.6 Å². The topological polar surface area (TPSA) is 85.4 Å². The molecule has 7 heteroatoms. The summed E-state index contributed by atoms with van der Waals surface area (Å²) in [4.78, 5) is 20.8. The van der Waals surface area contributed by atoms with Crippen LogP contribution in [-0.2, 0) is 0 Å². The molecule has 1 aliphatic heterocycles. The Hall–Kier alpha value is -3.61. The van der Waals surface area contributed by atoms with Crippen molar-refractivity contribution in [3.63, 3.8) is 0 Å². The lowest BCUT2D eigenvalue weighted by molar-refractivity contribution is 0.102. The van der Waals surface area contributed by atoms with Crippen molar-refractivity contribution in [3.8, 4) is 11.5 Å². The molecule has 136 valence electrons. The van der Waals surface area contributed by atoms with Gasteiger partial charge in [-0.2, -0.15) is 0 Å². The Labute approximate surface area is 156 Å². The van der Waals surface area contributed by atoms with Crippen molar-refractivity contribution in [2.75, 3.05) is 17.4 Å². The van der Waals surface area contributed by atoms with Gasteiger partial charge in [-0.15, -0.1) is 0 Å². The number of aromatic nitrogens is 2. The number of rotatable bonds is 4. The Morgan fingerprint density at radius 2 is 1.78 bits per heavy atom. The maximum atomic E-state index is 12.6. The molecule has 0 fully saturated rings. The number of carbonyl (C=O) groups is 1. The fraction of sp³-hybridized carbons (Fsp3) is 0.150. The van der Waals surface area contributed by atoms with E-state index < -0.39 is 0 Å². The number of anilines is 3. The number of benzene rings is 2. The first kappa shape index (κ1) is 16.8. The summed E-state index contributed by atoms with van der Waals surface area (Å²) < 4.78 is 10.6. The summed E-state index contributed by atoms with van der Waals surface area (Å²) in [5.41, 5.74) is 4.03. The van der Waals surface area contributed by atoms with Gasteiger partial charge < -0.3 is 20.1 Å². The number of aryl methyl sites for hydroxylation is 2. The fourth-order valence-corrected chi connectivity index (χ4v) is 2.86. The molecule has 0 spiro atoms. The second kappa shape index (κ2) is 6.95. The minimum atomic E-state index is -0.333. The third-order valence-corrected chi connectivity index (χ3v) is 4.26. The Morgan fingerprint density at radius 3 is 2.59 bits per heavy atom. The summed E-state index contributed by atoms with van der Waals surface area (Å²) in [6, 6.07) is 12.9. The number of hydrogen-bond donors (Lipinski definition) is 2. The van der Waals surface area contributed by atoms with Crippen LogP contribution in [0.15, 0.2) is 48.8 Å². The van der Waals surface area contributed by atoms with Crippen LogP contribution in [0.2, 0.25) is 0 Å². The van der Waals surface area contributed by atoms with Gasteiger partial charge >= 0.3 is 0 Å². The third kappa shape index (κ3) is 3.52. The number of fused-ring (bicyclic) bond motifs is 1. The summed E-state index contributed by atoms with van der Waals surface area (Å²) in [6.45, 7) is 4.22. The molecular formula is C20H18N4O3. The second-order valence-corrected chi connectivity index (χ2v) is 6.20. The van der Waals surface area contributed by atoms with Crippen LogP contribution in [0, 0.1) is 13.8 Å². The highest BCUT2D eigenvalue weighted by molar-refractivity contribution is 6.03. The molecule has 0 unspecified atom stereocenters. The molecule has 1 aliphatic rings. The van der Waals surface area contributed by atoms with Crippen LogP contribution in [0.25, 0.3) is 0 Å². The van der Waals surface area contributed by atoms with Gasteiger partial charge in [-0.3, -0.25) is 4.79 Å². The minimum Gasteiger partial charge on any atom is -0.454 e. The van der Waals surface area contributed by atoms with Gasteiger partial charge in [-0.05, 0) is 37.1 Å². The van der Waals surface area contributed by atoms with Gasteiger partial charge in [-0.25, -0.2) is 9.97 Å². The summed E-state index contributed by atoms with van der Waals surface area (Å²) in [5, 5.41) is 6.08. The molecule has 0 aliphatic carbocycles. The van der Waals surface area contributed by atoms with Crippen LogP contribution in [0.4, 0.5) is 17.2 Å². The Kier molecular flexibility index (Phi) is 4.33. The van der Waals surface area contributed by atoms with Gasteiger partial charge in [-0.1, -0.05) is 18.2 Å². The van der Waals surface area contributed by atoms with Crippen molar-refractivity contribution < 1.29 is 14.3 Å². The van der Waals surface area contributed by atoms with Crippen LogP contribution in [0.5, 0.6) is 11.5 Å². The second-order valence-electron chi connectivity index (χ2n) is 6.20. The highest BCUT2D eigenvalue weighted by Gasteiger charge is 2.15. The normalized spacial score (nSPS) is 11.9. The van der Waals surface area contributed by atoms with Gasteiger partial charge in [0.25, 0.3) is 5.91 Å². The number of amides is 1. The number of para-hydroxylation sites is 1. The van der Waals surface area contributed by atoms with E-state index in [0.29, 0.717) is 23.0 Å². The first-order valence-corrected chi connectivity index (χ1v) is 8.46. The molecule has 2 heterocycles. The van der Waals surface area contributed by atoms with Crippen molar-refractivity contribution >= 4 is 23.1 Å². The van der Waals surface area contributed by atoms with E-state index in [4.69, 9.17) is 9.47 Å². The molecule has 1 amide bonds. The van der Waals surface area contributed by atoms with Gasteiger partial charge in [0, 0.05) is 23.5 Å². The minimum absolute atomic E-state index is 0.187. The SMILES string of the molecule is Cc1cccc(C)c1Nc1cc(C(=O)Nc2ccc3c(c2)OCO3)ncn1. The van der Waals surface area contributed by atoms with Gasteiger partial charge in [0.2, 0.25) is 6.79 Å². The molecule has 0 saturated carbocycles. The summed E-state index contributed by atoms with van der Waals surface area (Å²) in [6.07, 6.45) is 1.37. The molecule has 0 atom stereocenters. The van der Waals surface area contributed by atoms with E-state index in [9.17, 15) is 4.79 Å². The molecule has 0 bridgehead atoms. The van der Waals surface area contributed by atoms with Crippen LogP contribution in [-0.4, -0.2) is 22.7 Å². The van der Waals surface area contributed by atoms with Crippen molar-refractivity contribution in [2.24, 2.45) is 0 Å². The largest absolute Gasteiger partial charge is 0.454 e. The van der Waals surface area contributed by atoms with E-state index in [1.54, 1.807) is 24.3 Å². The van der Waals surface area contributed by atoms with E-state index in [1.807, 2.05) is 32.0 Å². The number of nitrogens with zero attached hydrogens (tertiary/aromatic N) is 2. The van der Waals surface area contributed by atoms with Gasteiger partial charge in [0.05, 0.1) is 0 Å². The fourth-order valence-electron chi connectivity index (χ4n) is 2.86. The standard InChI is InChI=1S/C20H18N4O3/c1-12-4-3-5-13(2)19(12)24-18-9-15(21-10-22-18)20(25)23-14-6-7-16-17(8-14)27-11-26-16/h3-10H,11H2,1-2H3,(H,23,25)(H,21,22,24). The first-order chi connectivity index (χ1) is 13.1. The van der Waals surface area contributed by atoms with Crippen LogP contribution in [0.1, 0.15) is 21.6 Å². The molecule has 4 rings (SSSR count).